The first-order valence-corrected chi connectivity index (χ1v) is 30.2. The summed E-state index contributed by atoms with van der Waals surface area (Å²) in [6, 6.07) is 16.3. The van der Waals surface area contributed by atoms with Crippen LogP contribution in [0.1, 0.15) is 71.4 Å². The Balaban J connectivity index is 0.000000340. The van der Waals surface area contributed by atoms with E-state index in [-0.39, 0.29) is 79.1 Å². The number of hydrogen-bond donors (Lipinski definition) is 8. The van der Waals surface area contributed by atoms with E-state index in [9.17, 15) is 39.6 Å². The number of ether oxygens (including phenoxy) is 11. The first-order chi connectivity index (χ1) is 39.3. The molecule has 5 unspecified atom stereocenters. The number of esters is 1. The zero-order chi connectivity index (χ0) is 60.5. The van der Waals surface area contributed by atoms with Crippen molar-refractivity contribution < 1.29 is 96.8 Å². The summed E-state index contributed by atoms with van der Waals surface area (Å²) in [6.07, 6.45) is -5.85. The minimum atomic E-state index is -1.13. The number of fused-ring (bicyclic) bond motifs is 3. The fourth-order valence-electron chi connectivity index (χ4n) is 8.46. The van der Waals surface area contributed by atoms with E-state index < -0.39 is 61.8 Å². The minimum Gasteiger partial charge on any atom is -0.463 e. The molecule has 2 aromatic carbocycles. The summed E-state index contributed by atoms with van der Waals surface area (Å²) >= 11 is 0. The maximum atomic E-state index is 12.2. The second kappa shape index (κ2) is 40.8. The highest BCUT2D eigenvalue weighted by Gasteiger charge is 2.43. The van der Waals surface area contributed by atoms with Crippen molar-refractivity contribution >= 4 is 45.2 Å². The van der Waals surface area contributed by atoms with Crippen LogP contribution >= 0.6 is 21.6 Å². The lowest BCUT2D eigenvalue weighted by Crippen LogP contribution is -2.55. The smallest absolute Gasteiger partial charge is 0.331 e. The highest BCUT2D eigenvalue weighted by atomic mass is 33.1. The van der Waals surface area contributed by atoms with Gasteiger partial charge in [0.1, 0.15) is 44.4 Å². The zero-order valence-electron chi connectivity index (χ0n) is 48.9. The van der Waals surface area contributed by atoms with Gasteiger partial charge < -0.3 is 94.0 Å². The second-order valence-corrected chi connectivity index (χ2v) is 23.9. The van der Waals surface area contributed by atoms with Crippen LogP contribution in [0.15, 0.2) is 48.5 Å². The molecular weight excluding hydrogens is 1110 g/mol. The molecule has 468 valence electrons. The summed E-state index contributed by atoms with van der Waals surface area (Å²) in [7, 11) is 6.33. The molecule has 2 aliphatic heterocycles. The van der Waals surface area contributed by atoms with Crippen LogP contribution in [0, 0.1) is 17.8 Å². The van der Waals surface area contributed by atoms with Crippen molar-refractivity contribution in [2.75, 3.05) is 132 Å². The number of aliphatic hydroxyl groups is 5. The molecule has 82 heavy (non-hydrogen) atoms. The van der Waals surface area contributed by atoms with Crippen molar-refractivity contribution in [3.05, 3.63) is 59.7 Å². The van der Waals surface area contributed by atoms with E-state index in [0.29, 0.717) is 85.3 Å². The second-order valence-electron chi connectivity index (χ2n) is 20.7. The maximum absolute atomic E-state index is 12.2. The van der Waals surface area contributed by atoms with Crippen molar-refractivity contribution in [3.63, 3.8) is 0 Å². The Morgan fingerprint density at radius 3 is 1.54 bits per heavy atom. The molecule has 2 heterocycles. The van der Waals surface area contributed by atoms with Crippen LogP contribution in [0.3, 0.4) is 0 Å². The molecule has 9 N–H and O–H groups in total. The molecule has 0 spiro atoms. The Kier molecular flexibility index (Phi) is 36.3. The quantitative estimate of drug-likeness (QED) is 0.0279. The monoisotopic (exact) mass is 1200 g/mol. The number of rotatable bonds is 35. The molecule has 23 nitrogen and oxygen atoms in total. The van der Waals surface area contributed by atoms with Crippen molar-refractivity contribution in [1.29, 1.82) is 0 Å². The van der Waals surface area contributed by atoms with E-state index in [1.165, 1.54) is 36.5 Å². The van der Waals surface area contributed by atoms with Gasteiger partial charge in [0, 0.05) is 81.1 Å². The average Bonchev–Trinajstić information content (AvgIpc) is 3.65. The van der Waals surface area contributed by atoms with Crippen LogP contribution in [0.25, 0.3) is 11.1 Å². The van der Waals surface area contributed by atoms with Crippen LogP contribution in [-0.2, 0) is 71.3 Å². The molecule has 3 aliphatic rings. The molecule has 25 heteroatoms. The zero-order valence-corrected chi connectivity index (χ0v) is 50.6. The number of benzene rings is 2. The molecule has 11 atom stereocenters. The van der Waals surface area contributed by atoms with Gasteiger partial charge in [0.15, 0.2) is 12.6 Å². The number of ketones is 1. The van der Waals surface area contributed by atoms with Gasteiger partial charge in [-0.1, -0.05) is 112 Å². The first kappa shape index (κ1) is 72.8. The summed E-state index contributed by atoms with van der Waals surface area (Å²) in [4.78, 5) is 46.9. The highest BCUT2D eigenvalue weighted by molar-refractivity contribution is 8.77. The number of carbonyl (C=O) groups excluding carboxylic acids is 4. The van der Waals surface area contributed by atoms with Crippen LogP contribution in [0.4, 0.5) is 0 Å². The number of aliphatic hydroxyl groups excluding tert-OH is 5. The van der Waals surface area contributed by atoms with E-state index in [2.05, 4.69) is 55.7 Å². The van der Waals surface area contributed by atoms with Gasteiger partial charge in [-0.05, 0) is 28.7 Å². The van der Waals surface area contributed by atoms with E-state index in [4.69, 9.17) is 62.9 Å². The summed E-state index contributed by atoms with van der Waals surface area (Å²) in [5.74, 6) is -0.654. The lowest BCUT2D eigenvalue weighted by Gasteiger charge is -2.40. The molecule has 0 aromatic heterocycles. The predicted molar refractivity (Wildman–Crippen MR) is 309 cm³/mol. The van der Waals surface area contributed by atoms with Gasteiger partial charge in [-0.3, -0.25) is 14.4 Å². The van der Waals surface area contributed by atoms with Gasteiger partial charge in [-0.25, -0.2) is 4.79 Å². The van der Waals surface area contributed by atoms with E-state index >= 15 is 0 Å². The molecule has 2 aromatic rings. The fraction of sp³-hybridized carbons (Fsp3) is 0.719. The van der Waals surface area contributed by atoms with Gasteiger partial charge in [0.05, 0.1) is 83.9 Å². The van der Waals surface area contributed by atoms with Gasteiger partial charge in [-0.2, -0.15) is 0 Å². The predicted octanol–water partition coefficient (Wildman–Crippen LogP) is 2.22. The lowest BCUT2D eigenvalue weighted by atomic mass is 9.91. The first-order valence-electron chi connectivity index (χ1n) is 27.8. The summed E-state index contributed by atoms with van der Waals surface area (Å²) in [5, 5.41) is 53.9. The van der Waals surface area contributed by atoms with Crippen LogP contribution in [-0.4, -0.2) is 235 Å². The van der Waals surface area contributed by atoms with Gasteiger partial charge >= 0.3 is 5.97 Å². The minimum absolute atomic E-state index is 0.0536. The lowest BCUT2D eigenvalue weighted by molar-refractivity contribution is -0.282. The molecule has 1 aliphatic carbocycles. The molecule has 0 bridgehead atoms. The molecule has 2 fully saturated rings. The fourth-order valence-corrected chi connectivity index (χ4v) is 11.2. The number of nitrogens with two attached hydrogens (primary N) is 1. The Bertz CT molecular complexity index is 2060. The third-order valence-electron chi connectivity index (χ3n) is 13.2. The SMILES string of the molecule is CO[C@@H]1OC(COCC(=O)NCCOCCOCCCC(=O)C(C)CSSC(C)(C)C)[C@@H](C)[C@H](O)C1O.CO[C@@H]1OC(COCC(=O)NCCOCCOCCN)[C@@H](C)[C@H](O)C1O.O=C(CO)OCC1c2ccccc2-c2ccccc21. The third kappa shape index (κ3) is 26.9. The molecule has 2 saturated heterocycles. The standard InChI is InChI=1S/C25H47NO9S2.C16H32N2O8.C16H14O3/c1-17(16-36-37-25(3,4)5)19(27)8-7-10-32-12-13-33-11-9-26-21(28)15-34-14-20-18(2)22(29)23(30)24(31-6)35-20;1-11-12(26-16(22-2)15(21)14(11)20)9-25-10-13(19)18-4-6-24-8-7-23-5-3-17;17-9-16(18)19-10-15-13-7-3-1-5-11(13)12-6-2-4-8-14(12)15/h17-18,20,22-24,29-30H,7-16H2,1-6H3,(H,26,28);11-12,14-16,20-21H,3-10,17H2,1-2H3,(H,18,19);1-8,15,17H,9-10H2/t17?,18-,20?,22+,23?,24-;11-,12?,14+,15?,16-;/m11./s1. The Morgan fingerprint density at radius 2 is 1.10 bits per heavy atom. The Labute approximate surface area is 491 Å². The molecule has 0 saturated carbocycles. The van der Waals surface area contributed by atoms with Gasteiger partial charge in [0.25, 0.3) is 0 Å². The average molecular weight is 1200 g/mol. The summed E-state index contributed by atoms with van der Waals surface area (Å²) < 4.78 is 58.6. The van der Waals surface area contributed by atoms with Crippen LogP contribution in [0.2, 0.25) is 0 Å². The van der Waals surface area contributed by atoms with Crippen LogP contribution < -0.4 is 16.4 Å². The maximum Gasteiger partial charge on any atom is 0.331 e. The number of nitrogens with one attached hydrogen (secondary N) is 2. The largest absolute Gasteiger partial charge is 0.463 e. The Hall–Kier alpha value is -3.42. The number of hydrogen-bond acceptors (Lipinski definition) is 23. The number of amides is 2. The number of carbonyl (C=O) groups is 4. The van der Waals surface area contributed by atoms with Crippen molar-refractivity contribution in [2.45, 2.75) is 114 Å². The Morgan fingerprint density at radius 1 is 0.646 bits per heavy atom. The van der Waals surface area contributed by atoms with E-state index in [1.54, 1.807) is 35.4 Å². The third-order valence-corrected chi connectivity index (χ3v) is 16.7. The van der Waals surface area contributed by atoms with E-state index in [1.807, 2.05) is 31.2 Å². The topological polar surface area (TPSA) is 321 Å². The van der Waals surface area contributed by atoms with Gasteiger partial charge in [-0.15, -0.1) is 0 Å². The number of Topliss-reactive ketones (excluding diaryl/α,β-unsaturated/α-hetero) is 1. The summed E-state index contributed by atoms with van der Waals surface area (Å²) in [6.45, 7) is 16.2. The van der Waals surface area contributed by atoms with Crippen molar-refractivity contribution in [3.8, 4) is 11.1 Å². The molecule has 0 radical (unpaired) electrons. The highest BCUT2D eigenvalue weighted by Crippen LogP contribution is 2.44. The van der Waals surface area contributed by atoms with Crippen LogP contribution in [0.5, 0.6) is 0 Å². The normalized spacial score (nSPS) is 23.5. The molecule has 5 rings (SSSR count). The van der Waals surface area contributed by atoms with Gasteiger partial charge in [0.2, 0.25) is 11.8 Å². The summed E-state index contributed by atoms with van der Waals surface area (Å²) in [5.41, 5.74) is 10.0. The van der Waals surface area contributed by atoms with Crippen molar-refractivity contribution in [2.24, 2.45) is 23.5 Å². The van der Waals surface area contributed by atoms with E-state index in [0.717, 1.165) is 5.75 Å². The van der Waals surface area contributed by atoms with Crippen molar-refractivity contribution in [1.82, 2.24) is 10.6 Å². The molecule has 2 amide bonds. The number of methoxy groups -OCH3 is 2. The molecular formula is C57H93N3O20S2.